The lowest BCUT2D eigenvalue weighted by molar-refractivity contribution is 0.0620. The van der Waals surface area contributed by atoms with Gasteiger partial charge in [0.1, 0.15) is 12.4 Å². The van der Waals surface area contributed by atoms with Crippen molar-refractivity contribution in [3.63, 3.8) is 0 Å². The first-order valence-electron chi connectivity index (χ1n) is 9.91. The Labute approximate surface area is 173 Å². The van der Waals surface area contributed by atoms with E-state index in [2.05, 4.69) is 4.90 Å². The molecule has 1 aliphatic heterocycles. The standard InChI is InChI=1S/C22H28N2O4S/c1-18(2)29(26,27)21-10-8-19(9-11-21)22(25)24-14-12-23(13-15-24)16-17-28-20-6-4-3-5-7-20/h3-11,18H,12-17H2,1-2H3. The first-order chi connectivity index (χ1) is 13.9. The summed E-state index contributed by atoms with van der Waals surface area (Å²) in [5, 5.41) is -0.483. The van der Waals surface area contributed by atoms with Gasteiger partial charge in [0, 0.05) is 38.3 Å². The van der Waals surface area contributed by atoms with Crippen LogP contribution in [0.1, 0.15) is 24.2 Å². The Balaban J connectivity index is 1.48. The van der Waals surface area contributed by atoms with Crippen LogP contribution in [0.25, 0.3) is 0 Å². The van der Waals surface area contributed by atoms with E-state index in [1.807, 2.05) is 35.2 Å². The number of nitrogens with zero attached hydrogens (tertiary/aromatic N) is 2. The molecule has 6 nitrogen and oxygen atoms in total. The third-order valence-corrected chi connectivity index (χ3v) is 7.30. The highest BCUT2D eigenvalue weighted by atomic mass is 32.2. The number of rotatable bonds is 7. The molecule has 1 amide bonds. The van der Waals surface area contributed by atoms with Crippen LogP contribution in [0.4, 0.5) is 0 Å². The minimum absolute atomic E-state index is 0.0568. The zero-order chi connectivity index (χ0) is 20.9. The van der Waals surface area contributed by atoms with Gasteiger partial charge in [-0.1, -0.05) is 18.2 Å². The van der Waals surface area contributed by atoms with Gasteiger partial charge in [0.15, 0.2) is 9.84 Å². The quantitative estimate of drug-likeness (QED) is 0.694. The van der Waals surface area contributed by atoms with Crippen molar-refractivity contribution in [2.75, 3.05) is 39.3 Å². The third kappa shape index (κ3) is 5.36. The average molecular weight is 417 g/mol. The highest BCUT2D eigenvalue weighted by Crippen LogP contribution is 2.18. The Hall–Kier alpha value is -2.38. The number of sulfone groups is 1. The number of carbonyl (C=O) groups is 1. The minimum Gasteiger partial charge on any atom is -0.492 e. The van der Waals surface area contributed by atoms with Gasteiger partial charge in [-0.2, -0.15) is 0 Å². The number of amides is 1. The number of piperazine rings is 1. The predicted octanol–water partition coefficient (Wildman–Crippen LogP) is 2.71. The fourth-order valence-corrected chi connectivity index (χ4v) is 4.29. The van der Waals surface area contributed by atoms with Crippen molar-refractivity contribution < 1.29 is 17.9 Å². The van der Waals surface area contributed by atoms with Crippen LogP contribution in [0.5, 0.6) is 5.75 Å². The molecule has 1 heterocycles. The van der Waals surface area contributed by atoms with E-state index in [1.54, 1.807) is 26.0 Å². The van der Waals surface area contributed by atoms with E-state index < -0.39 is 15.1 Å². The van der Waals surface area contributed by atoms with Crippen molar-refractivity contribution >= 4 is 15.7 Å². The molecular weight excluding hydrogens is 388 g/mol. The van der Waals surface area contributed by atoms with E-state index in [0.717, 1.165) is 25.4 Å². The van der Waals surface area contributed by atoms with E-state index in [9.17, 15) is 13.2 Å². The summed E-state index contributed by atoms with van der Waals surface area (Å²) in [6.07, 6.45) is 0. The van der Waals surface area contributed by atoms with Crippen molar-refractivity contribution in [3.05, 3.63) is 60.2 Å². The van der Waals surface area contributed by atoms with Crippen LogP contribution >= 0.6 is 0 Å². The fraction of sp³-hybridized carbons (Fsp3) is 0.409. The van der Waals surface area contributed by atoms with Gasteiger partial charge < -0.3 is 9.64 Å². The van der Waals surface area contributed by atoms with E-state index in [-0.39, 0.29) is 10.8 Å². The van der Waals surface area contributed by atoms with Gasteiger partial charge in [-0.05, 0) is 50.2 Å². The van der Waals surface area contributed by atoms with Gasteiger partial charge in [-0.3, -0.25) is 9.69 Å². The summed E-state index contributed by atoms with van der Waals surface area (Å²) in [6.45, 7) is 7.62. The molecule has 156 valence electrons. The lowest BCUT2D eigenvalue weighted by atomic mass is 10.2. The maximum absolute atomic E-state index is 12.7. The van der Waals surface area contributed by atoms with Crippen molar-refractivity contribution in [1.82, 2.24) is 9.80 Å². The highest BCUT2D eigenvalue weighted by molar-refractivity contribution is 7.92. The number of carbonyl (C=O) groups excluding carboxylic acids is 1. The Kier molecular flexibility index (Phi) is 6.92. The maximum Gasteiger partial charge on any atom is 0.253 e. The molecule has 29 heavy (non-hydrogen) atoms. The van der Waals surface area contributed by atoms with Crippen LogP contribution in [-0.4, -0.2) is 68.7 Å². The lowest BCUT2D eigenvalue weighted by Crippen LogP contribution is -2.49. The fourth-order valence-electron chi connectivity index (χ4n) is 3.23. The molecule has 0 saturated carbocycles. The maximum atomic E-state index is 12.7. The Morgan fingerprint density at radius 3 is 2.17 bits per heavy atom. The number of ether oxygens (including phenoxy) is 1. The van der Waals surface area contributed by atoms with Crippen molar-refractivity contribution in [3.8, 4) is 5.75 Å². The molecule has 0 spiro atoms. The normalized spacial score (nSPS) is 15.5. The molecule has 1 aliphatic rings. The predicted molar refractivity (Wildman–Crippen MR) is 113 cm³/mol. The summed E-state index contributed by atoms with van der Waals surface area (Å²) >= 11 is 0. The zero-order valence-corrected chi connectivity index (χ0v) is 17.8. The molecule has 0 atom stereocenters. The SMILES string of the molecule is CC(C)S(=O)(=O)c1ccc(C(=O)N2CCN(CCOc3ccccc3)CC2)cc1. The second-order valence-electron chi connectivity index (χ2n) is 7.41. The largest absolute Gasteiger partial charge is 0.492 e. The summed E-state index contributed by atoms with van der Waals surface area (Å²) in [5.41, 5.74) is 0.522. The molecule has 0 aromatic heterocycles. The van der Waals surface area contributed by atoms with Gasteiger partial charge in [-0.25, -0.2) is 8.42 Å². The molecule has 7 heteroatoms. The summed E-state index contributed by atoms with van der Waals surface area (Å²) in [4.78, 5) is 17.1. The molecule has 1 fully saturated rings. The average Bonchev–Trinajstić information content (AvgIpc) is 2.74. The molecule has 2 aromatic carbocycles. The zero-order valence-electron chi connectivity index (χ0n) is 17.0. The van der Waals surface area contributed by atoms with Crippen LogP contribution < -0.4 is 4.74 Å². The van der Waals surface area contributed by atoms with Crippen LogP contribution in [0, 0.1) is 0 Å². The second kappa shape index (κ2) is 9.41. The topological polar surface area (TPSA) is 66.9 Å². The smallest absolute Gasteiger partial charge is 0.253 e. The Morgan fingerprint density at radius 2 is 1.59 bits per heavy atom. The van der Waals surface area contributed by atoms with Gasteiger partial charge in [0.2, 0.25) is 0 Å². The molecule has 0 bridgehead atoms. The van der Waals surface area contributed by atoms with E-state index in [4.69, 9.17) is 4.74 Å². The molecule has 0 radical (unpaired) electrons. The first kappa shape index (κ1) is 21.3. The molecule has 2 aromatic rings. The minimum atomic E-state index is -3.32. The van der Waals surface area contributed by atoms with Crippen LogP contribution in [0.15, 0.2) is 59.5 Å². The molecule has 0 N–H and O–H groups in total. The van der Waals surface area contributed by atoms with Gasteiger partial charge in [0.05, 0.1) is 10.1 Å². The molecule has 0 unspecified atom stereocenters. The number of para-hydroxylation sites is 1. The Morgan fingerprint density at radius 1 is 0.966 bits per heavy atom. The van der Waals surface area contributed by atoms with Gasteiger partial charge in [-0.15, -0.1) is 0 Å². The highest BCUT2D eigenvalue weighted by Gasteiger charge is 2.23. The van der Waals surface area contributed by atoms with Crippen molar-refractivity contribution in [2.24, 2.45) is 0 Å². The molecule has 1 saturated heterocycles. The van der Waals surface area contributed by atoms with E-state index in [1.165, 1.54) is 12.1 Å². The van der Waals surface area contributed by atoms with Crippen LogP contribution in [-0.2, 0) is 9.84 Å². The summed E-state index contributed by atoms with van der Waals surface area (Å²) < 4.78 is 30.2. The molecule has 0 aliphatic carbocycles. The second-order valence-corrected chi connectivity index (χ2v) is 9.92. The summed E-state index contributed by atoms with van der Waals surface area (Å²) in [7, 11) is -3.32. The van der Waals surface area contributed by atoms with Crippen LogP contribution in [0.3, 0.4) is 0 Å². The van der Waals surface area contributed by atoms with Gasteiger partial charge >= 0.3 is 0 Å². The monoisotopic (exact) mass is 416 g/mol. The molecule has 3 rings (SSSR count). The third-order valence-electron chi connectivity index (χ3n) is 5.13. The summed E-state index contributed by atoms with van der Waals surface area (Å²) in [5.74, 6) is 0.808. The summed E-state index contributed by atoms with van der Waals surface area (Å²) in [6, 6.07) is 16.0. The Bertz CT molecular complexity index is 904. The first-order valence-corrected chi connectivity index (χ1v) is 11.5. The number of benzene rings is 2. The van der Waals surface area contributed by atoms with Crippen LogP contribution in [0.2, 0.25) is 0 Å². The van der Waals surface area contributed by atoms with E-state index in [0.29, 0.717) is 25.3 Å². The number of hydrogen-bond acceptors (Lipinski definition) is 5. The lowest BCUT2D eigenvalue weighted by Gasteiger charge is -2.34. The van der Waals surface area contributed by atoms with E-state index >= 15 is 0 Å². The van der Waals surface area contributed by atoms with Crippen molar-refractivity contribution in [1.29, 1.82) is 0 Å². The molecular formula is C22H28N2O4S. The van der Waals surface area contributed by atoms with Crippen molar-refractivity contribution in [2.45, 2.75) is 24.0 Å². The number of hydrogen-bond donors (Lipinski definition) is 0. The van der Waals surface area contributed by atoms with Gasteiger partial charge in [0.25, 0.3) is 5.91 Å².